The van der Waals surface area contributed by atoms with Crippen molar-refractivity contribution in [2.75, 3.05) is 29.2 Å². The van der Waals surface area contributed by atoms with E-state index in [1.807, 2.05) is 0 Å². The van der Waals surface area contributed by atoms with E-state index in [9.17, 15) is 9.59 Å². The summed E-state index contributed by atoms with van der Waals surface area (Å²) < 4.78 is 5.07. The van der Waals surface area contributed by atoms with Gasteiger partial charge in [0.25, 0.3) is 0 Å². The summed E-state index contributed by atoms with van der Waals surface area (Å²) in [4.78, 5) is 32.3. The molecule has 1 aliphatic heterocycles. The highest BCUT2D eigenvalue weighted by Gasteiger charge is 2.34. The smallest absolute Gasteiger partial charge is 0.232 e. The Morgan fingerprint density at radius 1 is 1.29 bits per heavy atom. The Morgan fingerprint density at radius 2 is 2.00 bits per heavy atom. The molecule has 0 bridgehead atoms. The minimum Gasteiger partial charge on any atom is -0.497 e. The van der Waals surface area contributed by atoms with Crippen molar-refractivity contribution in [1.82, 2.24) is 9.97 Å². The highest BCUT2D eigenvalue weighted by atomic mass is 16.5. The summed E-state index contributed by atoms with van der Waals surface area (Å²) in [6.45, 7) is 0. The molecule has 0 radical (unpaired) electrons. The van der Waals surface area contributed by atoms with Crippen LogP contribution in [0.1, 0.15) is 17.9 Å². The van der Waals surface area contributed by atoms with Crippen LogP contribution >= 0.6 is 0 Å². The summed E-state index contributed by atoms with van der Waals surface area (Å²) in [6.07, 6.45) is -0.0491. The highest BCUT2D eigenvalue weighted by Crippen LogP contribution is 2.35. The number of fused-ring (bicyclic) bond motifs is 1. The number of carbonyl (C=O) groups is 2. The molecule has 0 unspecified atom stereocenters. The number of aromatic nitrogens is 2. The molecule has 1 aliphatic rings. The maximum absolute atomic E-state index is 12.6. The molecule has 0 spiro atoms. The van der Waals surface area contributed by atoms with Crippen molar-refractivity contribution in [3.8, 4) is 5.75 Å². The Bertz CT molecular complexity index is 806. The van der Waals surface area contributed by atoms with E-state index < -0.39 is 5.92 Å². The van der Waals surface area contributed by atoms with Crippen molar-refractivity contribution in [1.29, 1.82) is 0 Å². The number of nitrogen functional groups attached to an aromatic ring is 2. The van der Waals surface area contributed by atoms with E-state index in [1.165, 1.54) is 0 Å². The summed E-state index contributed by atoms with van der Waals surface area (Å²) in [6, 6.07) is 6.83. The first-order chi connectivity index (χ1) is 11.5. The molecule has 0 aliphatic carbocycles. The topological polar surface area (TPSA) is 145 Å². The zero-order chi connectivity index (χ0) is 17.3. The van der Waals surface area contributed by atoms with Gasteiger partial charge < -0.3 is 26.8 Å². The molecule has 9 nitrogen and oxygen atoms in total. The zero-order valence-electron chi connectivity index (χ0n) is 12.9. The van der Waals surface area contributed by atoms with Gasteiger partial charge in [0.05, 0.1) is 18.6 Å². The molecule has 1 aromatic heterocycles. The number of anilines is 4. The molecule has 0 fully saturated rings. The normalized spacial score (nSPS) is 16.0. The number of hydrogen-bond acceptors (Lipinski definition) is 7. The van der Waals surface area contributed by atoms with E-state index in [0.717, 1.165) is 0 Å². The summed E-state index contributed by atoms with van der Waals surface area (Å²) in [5.74, 6) is -0.660. The van der Waals surface area contributed by atoms with E-state index in [-0.39, 0.29) is 35.8 Å². The first kappa shape index (κ1) is 15.5. The van der Waals surface area contributed by atoms with Gasteiger partial charge in [-0.3, -0.25) is 9.59 Å². The van der Waals surface area contributed by atoms with Crippen LogP contribution in [0.25, 0.3) is 0 Å². The van der Waals surface area contributed by atoms with Crippen molar-refractivity contribution in [2.24, 2.45) is 0 Å². The van der Waals surface area contributed by atoms with Crippen molar-refractivity contribution in [3.05, 3.63) is 29.8 Å². The number of nitrogens with two attached hydrogens (primary N) is 2. The molecule has 24 heavy (non-hydrogen) atoms. The lowest BCUT2D eigenvalue weighted by Crippen LogP contribution is -2.32. The Balaban J connectivity index is 1.88. The number of amides is 2. The quantitative estimate of drug-likeness (QED) is 0.649. The van der Waals surface area contributed by atoms with Gasteiger partial charge in [-0.25, -0.2) is 0 Å². The average Bonchev–Trinajstić information content (AvgIpc) is 2.54. The van der Waals surface area contributed by atoms with Gasteiger partial charge in [-0.2, -0.15) is 9.97 Å². The molecule has 6 N–H and O–H groups in total. The molecular weight excluding hydrogens is 312 g/mol. The number of rotatable bonds is 3. The molecule has 1 atom stereocenters. The van der Waals surface area contributed by atoms with Crippen molar-refractivity contribution in [2.45, 2.75) is 12.3 Å². The third kappa shape index (κ3) is 2.91. The van der Waals surface area contributed by atoms with E-state index in [4.69, 9.17) is 16.2 Å². The van der Waals surface area contributed by atoms with Gasteiger partial charge in [0.1, 0.15) is 17.4 Å². The summed E-state index contributed by atoms with van der Waals surface area (Å²) in [5, 5.41) is 5.31. The van der Waals surface area contributed by atoms with Crippen LogP contribution in [0, 0.1) is 0 Å². The van der Waals surface area contributed by atoms with Crippen LogP contribution in [0.2, 0.25) is 0 Å². The van der Waals surface area contributed by atoms with Crippen LogP contribution in [0.4, 0.5) is 23.3 Å². The second-order valence-electron chi connectivity index (χ2n) is 5.25. The number of hydrogen-bond donors (Lipinski definition) is 4. The lowest BCUT2D eigenvalue weighted by Gasteiger charge is -2.25. The number of ether oxygens (including phenoxy) is 1. The van der Waals surface area contributed by atoms with E-state index in [2.05, 4.69) is 20.6 Å². The number of methoxy groups -OCH3 is 1. The first-order valence-electron chi connectivity index (χ1n) is 7.15. The summed E-state index contributed by atoms with van der Waals surface area (Å²) in [5.41, 5.74) is 12.3. The molecule has 2 aromatic rings. The monoisotopic (exact) mass is 328 g/mol. The van der Waals surface area contributed by atoms with Gasteiger partial charge in [-0.05, 0) is 24.3 Å². The molecule has 9 heteroatoms. The third-order valence-corrected chi connectivity index (χ3v) is 3.66. The standard InChI is InChI=1S/C15H16N6O3/c1-24-8-4-2-7(3-5-8)18-14(23)9-6-10(22)19-13-11(9)12(16)20-15(17)21-13/h2-5,9H,6H2,1H3,(H,18,23)(H5,16,17,19,20,21,22)/t9-/m1/s1. The maximum atomic E-state index is 12.6. The predicted molar refractivity (Wildman–Crippen MR) is 88.5 cm³/mol. The first-order valence-corrected chi connectivity index (χ1v) is 7.15. The van der Waals surface area contributed by atoms with Gasteiger partial charge in [-0.15, -0.1) is 0 Å². The SMILES string of the molecule is COc1ccc(NC(=O)[C@@H]2CC(=O)Nc3nc(N)nc(N)c32)cc1. The molecule has 1 aromatic carbocycles. The van der Waals surface area contributed by atoms with Crippen LogP contribution in [-0.2, 0) is 9.59 Å². The van der Waals surface area contributed by atoms with Gasteiger partial charge in [0.2, 0.25) is 17.8 Å². The molecule has 2 heterocycles. The van der Waals surface area contributed by atoms with Gasteiger partial charge in [0.15, 0.2) is 0 Å². The van der Waals surface area contributed by atoms with Gasteiger partial charge >= 0.3 is 0 Å². The highest BCUT2D eigenvalue weighted by molar-refractivity contribution is 6.05. The largest absolute Gasteiger partial charge is 0.497 e. The van der Waals surface area contributed by atoms with Gasteiger partial charge in [-0.1, -0.05) is 0 Å². The molecule has 0 saturated heterocycles. The summed E-state index contributed by atoms with van der Waals surface area (Å²) >= 11 is 0. The second-order valence-corrected chi connectivity index (χ2v) is 5.25. The number of benzene rings is 1. The van der Waals surface area contributed by atoms with Crippen LogP contribution in [-0.4, -0.2) is 28.9 Å². The Morgan fingerprint density at radius 3 is 2.67 bits per heavy atom. The Kier molecular flexibility index (Phi) is 3.90. The lowest BCUT2D eigenvalue weighted by molar-refractivity contribution is -0.123. The lowest BCUT2D eigenvalue weighted by atomic mass is 9.92. The molecular formula is C15H16N6O3. The van der Waals surface area contributed by atoms with Crippen LogP contribution in [0.15, 0.2) is 24.3 Å². The van der Waals surface area contributed by atoms with Crippen LogP contribution in [0.3, 0.4) is 0 Å². The van der Waals surface area contributed by atoms with E-state index >= 15 is 0 Å². The molecule has 3 rings (SSSR count). The van der Waals surface area contributed by atoms with Crippen LogP contribution < -0.4 is 26.8 Å². The molecule has 124 valence electrons. The minimum atomic E-state index is -0.795. The minimum absolute atomic E-state index is 0.0491. The third-order valence-electron chi connectivity index (χ3n) is 3.66. The number of carbonyl (C=O) groups excluding carboxylic acids is 2. The van der Waals surface area contributed by atoms with Crippen molar-refractivity contribution in [3.63, 3.8) is 0 Å². The second kappa shape index (κ2) is 6.03. The van der Waals surface area contributed by atoms with Crippen LogP contribution in [0.5, 0.6) is 5.75 Å². The fourth-order valence-electron chi connectivity index (χ4n) is 2.54. The van der Waals surface area contributed by atoms with E-state index in [0.29, 0.717) is 17.0 Å². The molecule has 0 saturated carbocycles. The summed E-state index contributed by atoms with van der Waals surface area (Å²) in [7, 11) is 1.56. The van der Waals surface area contributed by atoms with Crippen molar-refractivity contribution >= 4 is 35.1 Å². The van der Waals surface area contributed by atoms with Gasteiger partial charge in [0, 0.05) is 12.1 Å². The fourth-order valence-corrected chi connectivity index (χ4v) is 2.54. The molecule has 2 amide bonds. The van der Waals surface area contributed by atoms with Crippen molar-refractivity contribution < 1.29 is 14.3 Å². The maximum Gasteiger partial charge on any atom is 0.232 e. The predicted octanol–water partition coefficient (Wildman–Crippen LogP) is 0.714. The Labute approximate surface area is 137 Å². The number of nitrogens with zero attached hydrogens (tertiary/aromatic N) is 2. The fraction of sp³-hybridized carbons (Fsp3) is 0.200. The average molecular weight is 328 g/mol. The Hall–Kier alpha value is -3.36. The zero-order valence-corrected chi connectivity index (χ0v) is 12.9. The number of nitrogens with one attached hydrogen (secondary N) is 2. The van der Waals surface area contributed by atoms with E-state index in [1.54, 1.807) is 31.4 Å².